The van der Waals surface area contributed by atoms with Crippen molar-refractivity contribution in [3.8, 4) is 0 Å². The van der Waals surface area contributed by atoms with Crippen LogP contribution in [0.2, 0.25) is 0 Å². The average Bonchev–Trinajstić information content (AvgIpc) is 2.86. The minimum absolute atomic E-state index is 0.133. The molecule has 1 atom stereocenters. The van der Waals surface area contributed by atoms with Gasteiger partial charge < -0.3 is 10.2 Å². The second-order valence-electron chi connectivity index (χ2n) is 4.62. The van der Waals surface area contributed by atoms with Gasteiger partial charge >= 0.3 is 0 Å². The number of likely N-dealkylation sites (tertiary alicyclic amines) is 1. The molecule has 0 aromatic heterocycles. The van der Waals surface area contributed by atoms with Gasteiger partial charge in [0.25, 0.3) is 0 Å². The summed E-state index contributed by atoms with van der Waals surface area (Å²) >= 11 is 0. The van der Waals surface area contributed by atoms with Gasteiger partial charge in [-0.15, -0.1) is 0 Å². The Morgan fingerprint density at radius 1 is 1.41 bits per heavy atom. The molecule has 3 nitrogen and oxygen atoms in total. The van der Waals surface area contributed by atoms with E-state index in [1.807, 2.05) is 0 Å². The molecule has 3 heteroatoms. The Morgan fingerprint density at radius 2 is 2.18 bits per heavy atom. The zero-order valence-electron chi connectivity index (χ0n) is 10.4. The van der Waals surface area contributed by atoms with Gasteiger partial charge in [0.1, 0.15) is 0 Å². The van der Waals surface area contributed by atoms with E-state index < -0.39 is 0 Å². The third-order valence-corrected chi connectivity index (χ3v) is 3.48. The number of carbonyl (C=O) groups excluding carboxylic acids is 1. The second kappa shape index (κ2) is 5.82. The Hall–Kier alpha value is -1.35. The fraction of sp³-hybridized carbons (Fsp3) is 0.500. The fourth-order valence-corrected chi connectivity index (χ4v) is 2.42. The Balaban J connectivity index is 1.82. The smallest absolute Gasteiger partial charge is 0.221 e. The predicted molar refractivity (Wildman–Crippen MR) is 68.9 cm³/mol. The quantitative estimate of drug-likeness (QED) is 0.855. The highest BCUT2D eigenvalue weighted by molar-refractivity contribution is 5.75. The molecular weight excluding hydrogens is 212 g/mol. The van der Waals surface area contributed by atoms with E-state index in [0.717, 1.165) is 19.6 Å². The lowest BCUT2D eigenvalue weighted by molar-refractivity contribution is -0.120. The highest BCUT2D eigenvalue weighted by atomic mass is 16.1. The number of carbonyl (C=O) groups is 1. The maximum atomic E-state index is 11.2. The third kappa shape index (κ3) is 3.30. The molecule has 0 bridgehead atoms. The molecule has 1 aromatic carbocycles. The first-order valence-electron chi connectivity index (χ1n) is 6.27. The number of hydrogen-bond donors (Lipinski definition) is 1. The number of amides is 1. The molecule has 1 fully saturated rings. The lowest BCUT2D eigenvalue weighted by atomic mass is 9.99. The molecular formula is C14H20N2O. The maximum Gasteiger partial charge on any atom is 0.221 e. The maximum absolute atomic E-state index is 11.2. The first-order valence-corrected chi connectivity index (χ1v) is 6.27. The van der Waals surface area contributed by atoms with Crippen LogP contribution in [0.3, 0.4) is 0 Å². The van der Waals surface area contributed by atoms with Crippen molar-refractivity contribution < 1.29 is 4.79 Å². The summed E-state index contributed by atoms with van der Waals surface area (Å²) in [7, 11) is 1.69. The topological polar surface area (TPSA) is 32.3 Å². The van der Waals surface area contributed by atoms with Crippen LogP contribution >= 0.6 is 0 Å². The van der Waals surface area contributed by atoms with Crippen LogP contribution in [0.25, 0.3) is 0 Å². The van der Waals surface area contributed by atoms with Crippen LogP contribution < -0.4 is 5.32 Å². The SMILES string of the molecule is CNC(=O)CCN1CCC(c2ccccc2)C1. The average molecular weight is 232 g/mol. The van der Waals surface area contributed by atoms with Gasteiger partial charge in [-0.1, -0.05) is 30.3 Å². The minimum Gasteiger partial charge on any atom is -0.359 e. The molecule has 1 aliphatic rings. The van der Waals surface area contributed by atoms with E-state index in [2.05, 4.69) is 40.5 Å². The number of rotatable bonds is 4. The summed E-state index contributed by atoms with van der Waals surface area (Å²) in [5.41, 5.74) is 1.43. The summed E-state index contributed by atoms with van der Waals surface area (Å²) in [5.74, 6) is 0.772. The summed E-state index contributed by atoms with van der Waals surface area (Å²) < 4.78 is 0. The van der Waals surface area contributed by atoms with Gasteiger partial charge in [-0.3, -0.25) is 4.79 Å². The molecule has 0 spiro atoms. The Labute approximate surface area is 103 Å². The molecule has 0 radical (unpaired) electrons. The lowest BCUT2D eigenvalue weighted by Gasteiger charge is -2.15. The van der Waals surface area contributed by atoms with Gasteiger partial charge in [0.15, 0.2) is 0 Å². The van der Waals surface area contributed by atoms with E-state index >= 15 is 0 Å². The van der Waals surface area contributed by atoms with Crippen LogP contribution in [0.15, 0.2) is 30.3 Å². The molecule has 1 heterocycles. The van der Waals surface area contributed by atoms with Crippen molar-refractivity contribution in [2.75, 3.05) is 26.7 Å². The van der Waals surface area contributed by atoms with E-state index in [-0.39, 0.29) is 5.91 Å². The summed E-state index contributed by atoms with van der Waals surface area (Å²) in [6, 6.07) is 10.7. The number of nitrogens with zero attached hydrogens (tertiary/aromatic N) is 1. The van der Waals surface area contributed by atoms with Gasteiger partial charge in [0, 0.05) is 26.6 Å². The van der Waals surface area contributed by atoms with Gasteiger partial charge in [0.05, 0.1) is 0 Å². The molecule has 1 amide bonds. The van der Waals surface area contributed by atoms with E-state index in [0.29, 0.717) is 12.3 Å². The molecule has 1 N–H and O–H groups in total. The Bertz CT molecular complexity index is 364. The van der Waals surface area contributed by atoms with Crippen LogP contribution in [0.4, 0.5) is 0 Å². The zero-order valence-corrected chi connectivity index (χ0v) is 10.4. The van der Waals surface area contributed by atoms with Crippen LogP contribution in [-0.2, 0) is 4.79 Å². The van der Waals surface area contributed by atoms with Gasteiger partial charge in [-0.05, 0) is 24.4 Å². The first kappa shape index (κ1) is 12.1. The van der Waals surface area contributed by atoms with Gasteiger partial charge in [-0.2, -0.15) is 0 Å². The standard InChI is InChI=1S/C14H20N2O/c1-15-14(17)8-10-16-9-7-13(11-16)12-5-3-2-4-6-12/h2-6,13H,7-11H2,1H3,(H,15,17). The monoisotopic (exact) mass is 232 g/mol. The molecule has 1 saturated heterocycles. The number of hydrogen-bond acceptors (Lipinski definition) is 2. The molecule has 0 aliphatic carbocycles. The van der Waals surface area contributed by atoms with Crippen LogP contribution in [-0.4, -0.2) is 37.5 Å². The largest absolute Gasteiger partial charge is 0.359 e. The third-order valence-electron chi connectivity index (χ3n) is 3.48. The summed E-state index contributed by atoms with van der Waals surface area (Å²) in [4.78, 5) is 13.6. The van der Waals surface area contributed by atoms with E-state index in [1.165, 1.54) is 12.0 Å². The van der Waals surface area contributed by atoms with Crippen LogP contribution in [0, 0.1) is 0 Å². The highest BCUT2D eigenvalue weighted by Gasteiger charge is 2.23. The molecule has 2 rings (SSSR count). The zero-order chi connectivity index (χ0) is 12.1. The van der Waals surface area contributed by atoms with Crippen LogP contribution in [0.1, 0.15) is 24.3 Å². The second-order valence-corrected chi connectivity index (χ2v) is 4.62. The molecule has 92 valence electrons. The van der Waals surface area contributed by atoms with Crippen molar-refractivity contribution in [3.63, 3.8) is 0 Å². The van der Waals surface area contributed by atoms with E-state index in [1.54, 1.807) is 7.05 Å². The minimum atomic E-state index is 0.133. The van der Waals surface area contributed by atoms with Crippen molar-refractivity contribution in [3.05, 3.63) is 35.9 Å². The van der Waals surface area contributed by atoms with Crippen molar-refractivity contribution in [1.29, 1.82) is 0 Å². The summed E-state index contributed by atoms with van der Waals surface area (Å²) in [6.07, 6.45) is 1.82. The van der Waals surface area contributed by atoms with E-state index in [4.69, 9.17) is 0 Å². The molecule has 0 saturated carbocycles. The van der Waals surface area contributed by atoms with Gasteiger partial charge in [0.2, 0.25) is 5.91 Å². The van der Waals surface area contributed by atoms with Crippen molar-refractivity contribution in [2.24, 2.45) is 0 Å². The van der Waals surface area contributed by atoms with Crippen molar-refractivity contribution >= 4 is 5.91 Å². The Kier molecular flexibility index (Phi) is 4.15. The van der Waals surface area contributed by atoms with Crippen molar-refractivity contribution in [1.82, 2.24) is 10.2 Å². The molecule has 1 aliphatic heterocycles. The Morgan fingerprint density at radius 3 is 2.88 bits per heavy atom. The fourth-order valence-electron chi connectivity index (χ4n) is 2.42. The van der Waals surface area contributed by atoms with Gasteiger partial charge in [-0.25, -0.2) is 0 Å². The first-order chi connectivity index (χ1) is 8.29. The van der Waals surface area contributed by atoms with Crippen LogP contribution in [0.5, 0.6) is 0 Å². The lowest BCUT2D eigenvalue weighted by Crippen LogP contribution is -2.27. The number of nitrogens with one attached hydrogen (secondary N) is 1. The predicted octanol–water partition coefficient (Wildman–Crippen LogP) is 1.61. The summed E-state index contributed by atoms with van der Waals surface area (Å²) in [6.45, 7) is 3.07. The summed E-state index contributed by atoms with van der Waals surface area (Å²) in [5, 5.41) is 2.67. The molecule has 1 unspecified atom stereocenters. The normalized spacial score (nSPS) is 20.4. The van der Waals surface area contributed by atoms with E-state index in [9.17, 15) is 4.79 Å². The molecule has 1 aromatic rings. The number of benzene rings is 1. The molecule has 17 heavy (non-hydrogen) atoms. The highest BCUT2D eigenvalue weighted by Crippen LogP contribution is 2.26. The van der Waals surface area contributed by atoms with Crippen molar-refractivity contribution in [2.45, 2.75) is 18.8 Å².